The fourth-order valence-corrected chi connectivity index (χ4v) is 1.22. The van der Waals surface area contributed by atoms with Gasteiger partial charge in [-0.25, -0.2) is 14.8 Å². The number of carbonyl (C=O) groups excluding carboxylic acids is 1. The Morgan fingerprint density at radius 1 is 1.42 bits per heavy atom. The summed E-state index contributed by atoms with van der Waals surface area (Å²) in [6.07, 6.45) is -3.60. The molecule has 1 aromatic rings. The molecule has 0 aliphatic rings. The number of rotatable bonds is 2. The van der Waals surface area contributed by atoms with Crippen LogP contribution in [0.15, 0.2) is 12.4 Å². The number of anilines is 1. The maximum Gasteiger partial charge on any atom is 0.437 e. The minimum Gasteiger partial charge on any atom is -0.450 e. The molecule has 0 aromatic carbocycles. The van der Waals surface area contributed by atoms with E-state index in [1.165, 1.54) is 0 Å². The second-order valence-corrected chi connectivity index (χ2v) is 3.46. The Kier molecular flexibility index (Phi) is 4.98. The lowest BCUT2D eigenvalue weighted by atomic mass is 10.4. The van der Waals surface area contributed by atoms with Crippen molar-refractivity contribution in [1.82, 2.24) is 15.3 Å². The number of amides is 1. The van der Waals surface area contributed by atoms with Gasteiger partial charge in [0.05, 0.1) is 6.61 Å². The van der Waals surface area contributed by atoms with Crippen molar-refractivity contribution in [2.24, 2.45) is 0 Å². The Balaban J connectivity index is 2.77. The van der Waals surface area contributed by atoms with Crippen molar-refractivity contribution in [3.8, 4) is 0 Å². The highest BCUT2D eigenvalue weighted by atomic mass is 32.1. The van der Waals surface area contributed by atoms with Crippen molar-refractivity contribution in [2.45, 2.75) is 13.1 Å². The van der Waals surface area contributed by atoms with Crippen molar-refractivity contribution in [3.63, 3.8) is 0 Å². The molecule has 0 unspecified atom stereocenters. The quantitative estimate of drug-likeness (QED) is 0.812. The SMILES string of the molecule is CCOC(=O)NC(=S)Nc1nccnc1C(F)(F)F. The first-order valence-electron chi connectivity index (χ1n) is 4.97. The summed E-state index contributed by atoms with van der Waals surface area (Å²) >= 11 is 4.65. The van der Waals surface area contributed by atoms with Crippen LogP contribution in [0, 0.1) is 0 Å². The Morgan fingerprint density at radius 3 is 2.63 bits per heavy atom. The lowest BCUT2D eigenvalue weighted by molar-refractivity contribution is -0.140. The molecule has 10 heteroatoms. The molecule has 1 aromatic heterocycles. The number of hydrogen-bond acceptors (Lipinski definition) is 5. The van der Waals surface area contributed by atoms with E-state index in [2.05, 4.69) is 32.2 Å². The second-order valence-electron chi connectivity index (χ2n) is 3.05. The van der Waals surface area contributed by atoms with Crippen molar-refractivity contribution in [2.75, 3.05) is 11.9 Å². The predicted molar refractivity (Wildman–Crippen MR) is 63.4 cm³/mol. The zero-order valence-corrected chi connectivity index (χ0v) is 10.4. The third-order valence-electron chi connectivity index (χ3n) is 1.69. The molecular weight excluding hydrogens is 285 g/mol. The third kappa shape index (κ3) is 4.66. The Bertz CT molecular complexity index is 481. The van der Waals surface area contributed by atoms with Crippen LogP contribution in [0.1, 0.15) is 12.6 Å². The Labute approximate surface area is 111 Å². The van der Waals surface area contributed by atoms with Gasteiger partial charge < -0.3 is 10.1 Å². The van der Waals surface area contributed by atoms with Crippen LogP contribution in [0.5, 0.6) is 0 Å². The molecule has 19 heavy (non-hydrogen) atoms. The average Bonchev–Trinajstić information content (AvgIpc) is 2.28. The molecule has 0 spiro atoms. The lowest BCUT2D eigenvalue weighted by Crippen LogP contribution is -2.35. The van der Waals surface area contributed by atoms with Crippen LogP contribution in [-0.4, -0.2) is 27.8 Å². The second kappa shape index (κ2) is 6.27. The first-order chi connectivity index (χ1) is 8.84. The molecule has 0 saturated heterocycles. The number of alkyl halides is 3. The minimum atomic E-state index is -4.68. The molecule has 104 valence electrons. The Hall–Kier alpha value is -1.97. The van der Waals surface area contributed by atoms with E-state index in [9.17, 15) is 18.0 Å². The highest BCUT2D eigenvalue weighted by molar-refractivity contribution is 7.80. The monoisotopic (exact) mass is 294 g/mol. The largest absolute Gasteiger partial charge is 0.450 e. The Morgan fingerprint density at radius 2 is 2.05 bits per heavy atom. The van der Waals surface area contributed by atoms with Crippen molar-refractivity contribution >= 4 is 29.2 Å². The van der Waals surface area contributed by atoms with E-state index in [-0.39, 0.29) is 11.7 Å². The van der Waals surface area contributed by atoms with E-state index in [0.717, 1.165) is 12.4 Å². The normalized spacial score (nSPS) is 10.7. The fourth-order valence-electron chi connectivity index (χ4n) is 1.04. The van der Waals surface area contributed by atoms with Gasteiger partial charge in [0.2, 0.25) is 0 Å². The van der Waals surface area contributed by atoms with Gasteiger partial charge in [0.1, 0.15) is 0 Å². The van der Waals surface area contributed by atoms with Gasteiger partial charge in [-0.15, -0.1) is 0 Å². The molecule has 0 bridgehead atoms. The summed E-state index contributed by atoms with van der Waals surface area (Å²) in [6, 6.07) is 0. The van der Waals surface area contributed by atoms with Gasteiger partial charge in [0.15, 0.2) is 16.6 Å². The zero-order valence-electron chi connectivity index (χ0n) is 9.61. The van der Waals surface area contributed by atoms with Gasteiger partial charge >= 0.3 is 12.3 Å². The minimum absolute atomic E-state index is 0.105. The molecule has 1 amide bonds. The number of thiocarbonyl (C=S) groups is 1. The molecule has 0 fully saturated rings. The summed E-state index contributed by atoms with van der Waals surface area (Å²) in [4.78, 5) is 17.6. The van der Waals surface area contributed by atoms with Gasteiger partial charge in [0.25, 0.3) is 0 Å². The van der Waals surface area contributed by atoms with Crippen molar-refractivity contribution in [3.05, 3.63) is 18.1 Å². The van der Waals surface area contributed by atoms with E-state index in [1.54, 1.807) is 6.92 Å². The van der Waals surface area contributed by atoms with E-state index in [4.69, 9.17) is 0 Å². The summed E-state index contributed by atoms with van der Waals surface area (Å²) < 4.78 is 42.3. The van der Waals surface area contributed by atoms with Gasteiger partial charge in [-0.1, -0.05) is 0 Å². The van der Waals surface area contributed by atoms with Crippen LogP contribution in [0.25, 0.3) is 0 Å². The highest BCUT2D eigenvalue weighted by Crippen LogP contribution is 2.31. The van der Waals surface area contributed by atoms with E-state index in [1.807, 2.05) is 5.32 Å². The number of aromatic nitrogens is 2. The molecule has 6 nitrogen and oxygen atoms in total. The maximum atomic E-state index is 12.6. The number of nitrogens with zero attached hydrogens (tertiary/aromatic N) is 2. The van der Waals surface area contributed by atoms with Crippen LogP contribution in [0.4, 0.5) is 23.8 Å². The molecule has 0 aliphatic carbocycles. The van der Waals surface area contributed by atoms with Crippen LogP contribution in [0.2, 0.25) is 0 Å². The highest BCUT2D eigenvalue weighted by Gasteiger charge is 2.36. The standard InChI is InChI=1S/C9H9F3N4O2S/c1-2-18-8(17)16-7(19)15-6-5(9(10,11)12)13-3-4-14-6/h3-4H,2H2,1H3,(H2,14,15,16,17,19). The topological polar surface area (TPSA) is 76.1 Å². The third-order valence-corrected chi connectivity index (χ3v) is 1.89. The van der Waals surface area contributed by atoms with Gasteiger partial charge in [-0.05, 0) is 19.1 Å². The lowest BCUT2D eigenvalue weighted by Gasteiger charge is -2.12. The first-order valence-corrected chi connectivity index (χ1v) is 5.38. The molecule has 0 saturated carbocycles. The summed E-state index contributed by atoms with van der Waals surface area (Å²) in [6.45, 7) is 1.67. The summed E-state index contributed by atoms with van der Waals surface area (Å²) in [5.74, 6) is -0.600. The van der Waals surface area contributed by atoms with Gasteiger partial charge in [-0.3, -0.25) is 5.32 Å². The smallest absolute Gasteiger partial charge is 0.437 e. The molecule has 0 radical (unpaired) electrons. The van der Waals surface area contributed by atoms with E-state index < -0.39 is 23.8 Å². The number of carbonyl (C=O) groups is 1. The zero-order chi connectivity index (χ0) is 14.5. The van der Waals surface area contributed by atoms with Crippen molar-refractivity contribution < 1.29 is 22.7 Å². The van der Waals surface area contributed by atoms with Gasteiger partial charge in [-0.2, -0.15) is 13.2 Å². The molecule has 1 heterocycles. The number of halogens is 3. The van der Waals surface area contributed by atoms with Crippen LogP contribution in [0.3, 0.4) is 0 Å². The number of hydrogen-bond donors (Lipinski definition) is 2. The molecule has 0 aliphatic heterocycles. The predicted octanol–water partition coefficient (Wildman–Crippen LogP) is 1.94. The number of ether oxygens (including phenoxy) is 1. The molecule has 1 rings (SSSR count). The molecule has 0 atom stereocenters. The van der Waals surface area contributed by atoms with Gasteiger partial charge in [0, 0.05) is 12.4 Å². The number of alkyl carbamates (subject to hydrolysis) is 1. The van der Waals surface area contributed by atoms with E-state index >= 15 is 0 Å². The van der Waals surface area contributed by atoms with Crippen molar-refractivity contribution in [1.29, 1.82) is 0 Å². The van der Waals surface area contributed by atoms with Crippen LogP contribution in [-0.2, 0) is 10.9 Å². The fraction of sp³-hybridized carbons (Fsp3) is 0.333. The summed E-state index contributed by atoms with van der Waals surface area (Å²) in [5, 5.41) is 3.79. The first kappa shape index (κ1) is 15.1. The van der Waals surface area contributed by atoms with Crippen LogP contribution >= 0.6 is 12.2 Å². The molecular formula is C9H9F3N4O2S. The maximum absolute atomic E-state index is 12.6. The number of nitrogens with one attached hydrogen (secondary N) is 2. The average molecular weight is 294 g/mol. The summed E-state index contributed by atoms with van der Waals surface area (Å²) in [7, 11) is 0. The molecule has 2 N–H and O–H groups in total. The summed E-state index contributed by atoms with van der Waals surface area (Å²) in [5.41, 5.74) is -1.23. The van der Waals surface area contributed by atoms with Crippen LogP contribution < -0.4 is 10.6 Å². The van der Waals surface area contributed by atoms with E-state index in [0.29, 0.717) is 0 Å².